The minimum atomic E-state index is -0.763. The first kappa shape index (κ1) is 16.5. The van der Waals surface area contributed by atoms with Crippen LogP contribution in [0, 0.1) is 13.8 Å². The van der Waals surface area contributed by atoms with Gasteiger partial charge in [-0.15, -0.1) is 11.3 Å². The molecule has 0 saturated carbocycles. The number of hydrogen-bond acceptors (Lipinski definition) is 4. The predicted molar refractivity (Wildman–Crippen MR) is 87.8 cm³/mol. The SMILES string of the molecule is Cc1ccc(OCCCc2nc(C)c(CCC(=O)O)s2)cc1. The van der Waals surface area contributed by atoms with Crippen LogP contribution in [0.25, 0.3) is 0 Å². The quantitative estimate of drug-likeness (QED) is 0.752. The van der Waals surface area contributed by atoms with E-state index in [2.05, 4.69) is 11.9 Å². The van der Waals surface area contributed by atoms with Gasteiger partial charge in [0.15, 0.2) is 0 Å². The number of carboxylic acids is 1. The first-order valence-electron chi connectivity index (χ1n) is 7.41. The molecule has 22 heavy (non-hydrogen) atoms. The Labute approximate surface area is 134 Å². The van der Waals surface area contributed by atoms with E-state index in [0.717, 1.165) is 34.2 Å². The summed E-state index contributed by atoms with van der Waals surface area (Å²) < 4.78 is 5.70. The summed E-state index contributed by atoms with van der Waals surface area (Å²) >= 11 is 1.62. The van der Waals surface area contributed by atoms with Crippen LogP contribution in [0.4, 0.5) is 0 Å². The molecule has 0 bridgehead atoms. The van der Waals surface area contributed by atoms with Crippen molar-refractivity contribution in [3.05, 3.63) is 45.4 Å². The topological polar surface area (TPSA) is 59.4 Å². The Balaban J connectivity index is 1.76. The Kier molecular flexibility index (Phi) is 5.95. The first-order chi connectivity index (χ1) is 10.5. The van der Waals surface area contributed by atoms with Gasteiger partial charge in [-0.2, -0.15) is 0 Å². The molecule has 0 radical (unpaired) electrons. The number of aryl methyl sites for hydroxylation is 4. The zero-order chi connectivity index (χ0) is 15.9. The van der Waals surface area contributed by atoms with Gasteiger partial charge in [0.2, 0.25) is 0 Å². The molecule has 0 atom stereocenters. The van der Waals surface area contributed by atoms with Crippen LogP contribution in [0.15, 0.2) is 24.3 Å². The van der Waals surface area contributed by atoms with Gasteiger partial charge in [0.25, 0.3) is 0 Å². The number of ether oxygens (including phenoxy) is 1. The number of rotatable bonds is 8. The Morgan fingerprint density at radius 1 is 1.23 bits per heavy atom. The molecule has 0 spiro atoms. The molecule has 2 aromatic rings. The van der Waals surface area contributed by atoms with Crippen molar-refractivity contribution >= 4 is 17.3 Å². The van der Waals surface area contributed by atoms with E-state index in [1.807, 2.05) is 31.2 Å². The van der Waals surface area contributed by atoms with Crippen LogP contribution in [-0.2, 0) is 17.6 Å². The monoisotopic (exact) mass is 319 g/mol. The fraction of sp³-hybridized carbons (Fsp3) is 0.412. The number of aromatic nitrogens is 1. The largest absolute Gasteiger partial charge is 0.494 e. The second-order valence-corrected chi connectivity index (χ2v) is 6.44. The highest BCUT2D eigenvalue weighted by molar-refractivity contribution is 7.11. The molecular formula is C17H21NO3S. The van der Waals surface area contributed by atoms with Crippen LogP contribution in [0.5, 0.6) is 5.75 Å². The van der Waals surface area contributed by atoms with Gasteiger partial charge in [0.1, 0.15) is 5.75 Å². The van der Waals surface area contributed by atoms with Crippen molar-refractivity contribution < 1.29 is 14.6 Å². The molecule has 0 unspecified atom stereocenters. The minimum absolute atomic E-state index is 0.166. The van der Waals surface area contributed by atoms with E-state index in [-0.39, 0.29) is 6.42 Å². The normalized spacial score (nSPS) is 10.6. The molecule has 0 saturated heterocycles. The lowest BCUT2D eigenvalue weighted by Gasteiger charge is -2.05. The highest BCUT2D eigenvalue weighted by Gasteiger charge is 2.09. The van der Waals surface area contributed by atoms with E-state index in [1.165, 1.54) is 5.56 Å². The van der Waals surface area contributed by atoms with E-state index < -0.39 is 5.97 Å². The van der Waals surface area contributed by atoms with E-state index in [0.29, 0.717) is 13.0 Å². The summed E-state index contributed by atoms with van der Waals surface area (Å²) in [6, 6.07) is 8.03. The molecule has 5 heteroatoms. The molecule has 1 aromatic heterocycles. The predicted octanol–water partition coefficient (Wildman–Crippen LogP) is 3.79. The number of nitrogens with zero attached hydrogens (tertiary/aromatic N) is 1. The van der Waals surface area contributed by atoms with E-state index in [1.54, 1.807) is 11.3 Å². The van der Waals surface area contributed by atoms with Crippen LogP contribution in [0.3, 0.4) is 0 Å². The smallest absolute Gasteiger partial charge is 0.303 e. The molecule has 2 rings (SSSR count). The molecule has 0 aliphatic carbocycles. The van der Waals surface area contributed by atoms with Gasteiger partial charge < -0.3 is 9.84 Å². The Bertz CT molecular complexity index is 619. The van der Waals surface area contributed by atoms with Gasteiger partial charge in [-0.1, -0.05) is 17.7 Å². The molecule has 0 amide bonds. The molecule has 1 heterocycles. The molecule has 0 aliphatic heterocycles. The maximum absolute atomic E-state index is 10.6. The zero-order valence-electron chi connectivity index (χ0n) is 13.0. The standard InChI is InChI=1S/C17H21NO3S/c1-12-5-7-14(8-6-12)21-11-3-4-16-18-13(2)15(22-16)9-10-17(19)20/h5-8H,3-4,9-11H2,1-2H3,(H,19,20). The van der Waals surface area contributed by atoms with Crippen LogP contribution >= 0.6 is 11.3 Å². The van der Waals surface area contributed by atoms with Crippen molar-refractivity contribution in [2.75, 3.05) is 6.61 Å². The van der Waals surface area contributed by atoms with Crippen molar-refractivity contribution in [2.24, 2.45) is 0 Å². The van der Waals surface area contributed by atoms with E-state index in [4.69, 9.17) is 9.84 Å². The van der Waals surface area contributed by atoms with Crippen molar-refractivity contribution in [3.63, 3.8) is 0 Å². The van der Waals surface area contributed by atoms with Crippen LogP contribution < -0.4 is 4.74 Å². The van der Waals surface area contributed by atoms with E-state index in [9.17, 15) is 4.79 Å². The number of carboxylic acid groups (broad SMARTS) is 1. The summed E-state index contributed by atoms with van der Waals surface area (Å²) in [5, 5.41) is 9.80. The zero-order valence-corrected chi connectivity index (χ0v) is 13.8. The second kappa shape index (κ2) is 7.94. The highest BCUT2D eigenvalue weighted by atomic mass is 32.1. The molecule has 0 fully saturated rings. The lowest BCUT2D eigenvalue weighted by Crippen LogP contribution is -1.99. The summed E-state index contributed by atoms with van der Waals surface area (Å²) in [6.07, 6.45) is 2.50. The van der Waals surface area contributed by atoms with E-state index >= 15 is 0 Å². The summed E-state index contributed by atoms with van der Waals surface area (Å²) in [6.45, 7) is 4.66. The molecular weight excluding hydrogens is 298 g/mol. The summed E-state index contributed by atoms with van der Waals surface area (Å²) in [7, 11) is 0. The lowest BCUT2D eigenvalue weighted by molar-refractivity contribution is -0.136. The van der Waals surface area contributed by atoms with Crippen molar-refractivity contribution in [2.45, 2.75) is 39.5 Å². The number of carbonyl (C=O) groups is 1. The number of benzene rings is 1. The average molecular weight is 319 g/mol. The lowest BCUT2D eigenvalue weighted by atomic mass is 10.2. The number of hydrogen-bond donors (Lipinski definition) is 1. The van der Waals surface area contributed by atoms with Crippen molar-refractivity contribution in [1.29, 1.82) is 0 Å². The highest BCUT2D eigenvalue weighted by Crippen LogP contribution is 2.21. The van der Waals surface area contributed by atoms with Gasteiger partial charge in [0, 0.05) is 11.3 Å². The maximum Gasteiger partial charge on any atom is 0.303 e. The first-order valence-corrected chi connectivity index (χ1v) is 8.22. The van der Waals surface area contributed by atoms with Gasteiger partial charge in [-0.05, 0) is 38.8 Å². The average Bonchev–Trinajstić information content (AvgIpc) is 2.83. The molecule has 4 nitrogen and oxygen atoms in total. The maximum atomic E-state index is 10.6. The second-order valence-electron chi connectivity index (χ2n) is 5.27. The Morgan fingerprint density at radius 3 is 2.64 bits per heavy atom. The Morgan fingerprint density at radius 2 is 1.95 bits per heavy atom. The third-order valence-electron chi connectivity index (χ3n) is 3.33. The number of thiazole rings is 1. The fourth-order valence-corrected chi connectivity index (χ4v) is 3.21. The Hall–Kier alpha value is -1.88. The third-order valence-corrected chi connectivity index (χ3v) is 4.60. The summed E-state index contributed by atoms with van der Waals surface area (Å²) in [4.78, 5) is 16.2. The van der Waals surface area contributed by atoms with Gasteiger partial charge in [-0.3, -0.25) is 4.79 Å². The summed E-state index contributed by atoms with van der Waals surface area (Å²) in [5.41, 5.74) is 2.18. The minimum Gasteiger partial charge on any atom is -0.494 e. The van der Waals surface area contributed by atoms with Gasteiger partial charge >= 0.3 is 5.97 Å². The molecule has 1 aromatic carbocycles. The fourth-order valence-electron chi connectivity index (χ4n) is 2.10. The van der Waals surface area contributed by atoms with Crippen LogP contribution in [0.2, 0.25) is 0 Å². The van der Waals surface area contributed by atoms with Crippen LogP contribution in [-0.4, -0.2) is 22.7 Å². The van der Waals surface area contributed by atoms with Crippen LogP contribution in [0.1, 0.15) is 34.0 Å². The molecule has 0 aliphatic rings. The van der Waals surface area contributed by atoms with Crippen molar-refractivity contribution in [3.8, 4) is 5.75 Å². The van der Waals surface area contributed by atoms with Gasteiger partial charge in [-0.25, -0.2) is 4.98 Å². The molecule has 118 valence electrons. The van der Waals surface area contributed by atoms with Crippen molar-refractivity contribution in [1.82, 2.24) is 4.98 Å². The third kappa shape index (κ3) is 5.15. The molecule has 1 N–H and O–H groups in total. The van der Waals surface area contributed by atoms with Gasteiger partial charge in [0.05, 0.1) is 23.7 Å². The number of aliphatic carboxylic acids is 1. The summed E-state index contributed by atoms with van der Waals surface area (Å²) in [5.74, 6) is 0.129.